The SMILES string of the molecule is Cc1cc(C(=O)NC(C)(C)C(C)(C)C(=O)O)ccc1Cl. The Bertz CT molecular complexity index is 550. The van der Waals surface area contributed by atoms with Crippen LogP contribution in [0.4, 0.5) is 0 Å². The van der Waals surface area contributed by atoms with Crippen LogP contribution in [-0.2, 0) is 4.79 Å². The summed E-state index contributed by atoms with van der Waals surface area (Å²) in [5.74, 6) is -1.28. The number of hydrogen-bond donors (Lipinski definition) is 2. The number of nitrogens with one attached hydrogen (secondary N) is 1. The lowest BCUT2D eigenvalue weighted by atomic mass is 9.74. The zero-order chi connectivity index (χ0) is 15.7. The lowest BCUT2D eigenvalue weighted by molar-refractivity contribution is -0.150. The molecule has 0 heterocycles. The van der Waals surface area contributed by atoms with E-state index >= 15 is 0 Å². The van der Waals surface area contributed by atoms with E-state index in [1.54, 1.807) is 45.9 Å². The molecule has 0 saturated carbocycles. The number of aryl methyl sites for hydroxylation is 1. The molecule has 0 saturated heterocycles. The van der Waals surface area contributed by atoms with Crippen LogP contribution < -0.4 is 5.32 Å². The van der Waals surface area contributed by atoms with Crippen LogP contribution in [0.25, 0.3) is 0 Å². The maximum atomic E-state index is 12.2. The van der Waals surface area contributed by atoms with Gasteiger partial charge in [0.25, 0.3) is 5.91 Å². The fraction of sp³-hybridized carbons (Fsp3) is 0.467. The van der Waals surface area contributed by atoms with Crippen molar-refractivity contribution in [3.63, 3.8) is 0 Å². The van der Waals surface area contributed by atoms with E-state index in [0.29, 0.717) is 10.6 Å². The maximum absolute atomic E-state index is 12.2. The third-order valence-electron chi connectivity index (χ3n) is 3.94. The standard InChI is InChI=1S/C15H20ClNO3/c1-9-8-10(6-7-11(9)16)12(18)17-15(4,5)14(2,3)13(19)20/h6-8H,1-5H3,(H,17,18)(H,19,20). The molecular formula is C15H20ClNO3. The first kappa shape index (κ1) is 16.5. The summed E-state index contributed by atoms with van der Waals surface area (Å²) in [5, 5.41) is 12.6. The molecule has 0 bridgehead atoms. The molecule has 5 heteroatoms. The van der Waals surface area contributed by atoms with E-state index in [4.69, 9.17) is 11.6 Å². The summed E-state index contributed by atoms with van der Waals surface area (Å²) in [6.45, 7) is 8.38. The van der Waals surface area contributed by atoms with Crippen LogP contribution >= 0.6 is 11.6 Å². The largest absolute Gasteiger partial charge is 0.481 e. The summed E-state index contributed by atoms with van der Waals surface area (Å²) < 4.78 is 0. The first-order chi connectivity index (χ1) is 8.99. The second-order valence-electron chi connectivity index (χ2n) is 5.97. The second kappa shape index (κ2) is 5.44. The number of carbonyl (C=O) groups excluding carboxylic acids is 1. The molecule has 0 unspecified atom stereocenters. The predicted molar refractivity (Wildman–Crippen MR) is 79.2 cm³/mol. The van der Waals surface area contributed by atoms with Gasteiger partial charge in [-0.3, -0.25) is 9.59 Å². The van der Waals surface area contributed by atoms with Gasteiger partial charge < -0.3 is 10.4 Å². The van der Waals surface area contributed by atoms with Gasteiger partial charge in [0.2, 0.25) is 0 Å². The molecule has 0 atom stereocenters. The number of hydrogen-bond acceptors (Lipinski definition) is 2. The molecule has 4 nitrogen and oxygen atoms in total. The normalized spacial score (nSPS) is 12.1. The van der Waals surface area contributed by atoms with Gasteiger partial charge in [0, 0.05) is 10.6 Å². The highest BCUT2D eigenvalue weighted by Crippen LogP contribution is 2.31. The van der Waals surface area contributed by atoms with Gasteiger partial charge in [-0.25, -0.2) is 0 Å². The monoisotopic (exact) mass is 297 g/mol. The highest BCUT2D eigenvalue weighted by molar-refractivity contribution is 6.31. The van der Waals surface area contributed by atoms with Crippen LogP contribution in [0.15, 0.2) is 18.2 Å². The number of carboxylic acids is 1. The van der Waals surface area contributed by atoms with Crippen molar-refractivity contribution < 1.29 is 14.7 Å². The second-order valence-corrected chi connectivity index (χ2v) is 6.38. The van der Waals surface area contributed by atoms with Crippen molar-refractivity contribution in [2.24, 2.45) is 5.41 Å². The van der Waals surface area contributed by atoms with Crippen LogP contribution in [0.5, 0.6) is 0 Å². The third kappa shape index (κ3) is 3.12. The molecule has 0 fully saturated rings. The lowest BCUT2D eigenvalue weighted by Crippen LogP contribution is -2.56. The van der Waals surface area contributed by atoms with Gasteiger partial charge >= 0.3 is 5.97 Å². The first-order valence-corrected chi connectivity index (χ1v) is 6.69. The van der Waals surface area contributed by atoms with E-state index in [1.165, 1.54) is 0 Å². The quantitative estimate of drug-likeness (QED) is 0.896. The van der Waals surface area contributed by atoms with Crippen molar-refractivity contribution in [2.45, 2.75) is 40.2 Å². The van der Waals surface area contributed by atoms with E-state index in [1.807, 2.05) is 6.92 Å². The summed E-state index contributed by atoms with van der Waals surface area (Å²) in [5.41, 5.74) is -0.732. The first-order valence-electron chi connectivity index (χ1n) is 6.31. The average molecular weight is 298 g/mol. The topological polar surface area (TPSA) is 66.4 Å². The van der Waals surface area contributed by atoms with Crippen LogP contribution in [0.2, 0.25) is 5.02 Å². The Morgan fingerprint density at radius 1 is 1.20 bits per heavy atom. The van der Waals surface area contributed by atoms with Gasteiger partial charge in [0.15, 0.2) is 0 Å². The molecule has 1 aromatic rings. The molecule has 0 spiro atoms. The molecule has 0 radical (unpaired) electrons. The number of rotatable bonds is 4. The molecule has 110 valence electrons. The molecule has 0 aromatic heterocycles. The van der Waals surface area contributed by atoms with Crippen LogP contribution in [0.3, 0.4) is 0 Å². The molecule has 1 amide bonds. The molecular weight excluding hydrogens is 278 g/mol. The van der Waals surface area contributed by atoms with E-state index in [0.717, 1.165) is 5.56 Å². The number of benzene rings is 1. The maximum Gasteiger partial charge on any atom is 0.311 e. The van der Waals surface area contributed by atoms with Gasteiger partial charge in [-0.15, -0.1) is 0 Å². The highest BCUT2D eigenvalue weighted by Gasteiger charge is 2.44. The summed E-state index contributed by atoms with van der Waals surface area (Å²) in [7, 11) is 0. The number of carboxylic acid groups (broad SMARTS) is 1. The smallest absolute Gasteiger partial charge is 0.311 e. The summed E-state index contributed by atoms with van der Waals surface area (Å²) in [6.07, 6.45) is 0. The van der Waals surface area contributed by atoms with Gasteiger partial charge in [-0.05, 0) is 58.4 Å². The van der Waals surface area contributed by atoms with Gasteiger partial charge in [0.05, 0.1) is 11.0 Å². The van der Waals surface area contributed by atoms with Crippen molar-refractivity contribution in [1.29, 1.82) is 0 Å². The van der Waals surface area contributed by atoms with Gasteiger partial charge in [-0.2, -0.15) is 0 Å². The molecule has 2 N–H and O–H groups in total. The molecule has 0 aliphatic carbocycles. The molecule has 0 aliphatic heterocycles. The fourth-order valence-corrected chi connectivity index (χ4v) is 1.68. The third-order valence-corrected chi connectivity index (χ3v) is 4.37. The minimum atomic E-state index is -1.09. The van der Waals surface area contributed by atoms with E-state index in [-0.39, 0.29) is 5.91 Å². The van der Waals surface area contributed by atoms with Crippen molar-refractivity contribution in [3.8, 4) is 0 Å². The van der Waals surface area contributed by atoms with Crippen LogP contribution in [-0.4, -0.2) is 22.5 Å². The summed E-state index contributed by atoms with van der Waals surface area (Å²) in [4.78, 5) is 23.6. The van der Waals surface area contributed by atoms with Crippen molar-refractivity contribution >= 4 is 23.5 Å². The average Bonchev–Trinajstić information content (AvgIpc) is 2.31. The zero-order valence-corrected chi connectivity index (χ0v) is 13.1. The fourth-order valence-electron chi connectivity index (χ4n) is 1.57. The Morgan fingerprint density at radius 2 is 1.75 bits per heavy atom. The van der Waals surface area contributed by atoms with Crippen LogP contribution in [0, 0.1) is 12.3 Å². The Balaban J connectivity index is 3.00. The Labute approximate surface area is 124 Å². The predicted octanol–water partition coefficient (Wildman–Crippen LogP) is 3.27. The number of halogens is 1. The summed E-state index contributed by atoms with van der Waals surface area (Å²) in [6, 6.07) is 4.96. The highest BCUT2D eigenvalue weighted by atomic mass is 35.5. The van der Waals surface area contributed by atoms with Gasteiger partial charge in [-0.1, -0.05) is 11.6 Å². The molecule has 1 rings (SSSR count). The molecule has 0 aliphatic rings. The lowest BCUT2D eigenvalue weighted by Gasteiger charge is -2.38. The molecule has 20 heavy (non-hydrogen) atoms. The number of aliphatic carboxylic acids is 1. The van der Waals surface area contributed by atoms with Crippen molar-refractivity contribution in [2.75, 3.05) is 0 Å². The van der Waals surface area contributed by atoms with E-state index in [9.17, 15) is 14.7 Å². The molecule has 1 aromatic carbocycles. The van der Waals surface area contributed by atoms with E-state index in [2.05, 4.69) is 5.32 Å². The zero-order valence-electron chi connectivity index (χ0n) is 12.4. The van der Waals surface area contributed by atoms with Crippen molar-refractivity contribution in [3.05, 3.63) is 34.3 Å². The van der Waals surface area contributed by atoms with Gasteiger partial charge in [0.1, 0.15) is 0 Å². The van der Waals surface area contributed by atoms with Crippen LogP contribution in [0.1, 0.15) is 43.6 Å². The Hall–Kier alpha value is -1.55. The Morgan fingerprint density at radius 3 is 2.20 bits per heavy atom. The minimum Gasteiger partial charge on any atom is -0.481 e. The Kier molecular flexibility index (Phi) is 4.49. The van der Waals surface area contributed by atoms with Crippen molar-refractivity contribution in [1.82, 2.24) is 5.32 Å². The summed E-state index contributed by atoms with van der Waals surface area (Å²) >= 11 is 5.92. The minimum absolute atomic E-state index is 0.316. The number of carbonyl (C=O) groups is 2. The van der Waals surface area contributed by atoms with E-state index < -0.39 is 16.9 Å². The number of amides is 1.